The molecule has 21 heavy (non-hydrogen) atoms. The van der Waals surface area contributed by atoms with Crippen LogP contribution in [0.4, 0.5) is 0 Å². The molecule has 2 unspecified atom stereocenters. The summed E-state index contributed by atoms with van der Waals surface area (Å²) in [6.45, 7) is 11.1. The van der Waals surface area contributed by atoms with Crippen molar-refractivity contribution < 1.29 is 5.11 Å². The first-order valence-electron chi connectivity index (χ1n) is 7.68. The minimum atomic E-state index is 0.174. The van der Waals surface area contributed by atoms with Gasteiger partial charge in [0.2, 0.25) is 0 Å². The van der Waals surface area contributed by atoms with Crippen LogP contribution in [-0.4, -0.2) is 39.2 Å². The summed E-state index contributed by atoms with van der Waals surface area (Å²) in [6.07, 6.45) is 0. The molecular formula is C16H26N4O. The number of imidazole rings is 1. The van der Waals surface area contributed by atoms with E-state index in [0.717, 1.165) is 29.9 Å². The number of aromatic hydroxyl groups is 1. The zero-order valence-electron chi connectivity index (χ0n) is 13.4. The second-order valence-corrected chi connectivity index (χ2v) is 5.49. The van der Waals surface area contributed by atoms with E-state index < -0.39 is 0 Å². The highest BCUT2D eigenvalue weighted by Gasteiger charge is 2.23. The first-order valence-corrected chi connectivity index (χ1v) is 7.68. The van der Waals surface area contributed by atoms with Crippen LogP contribution in [0.1, 0.15) is 45.6 Å². The van der Waals surface area contributed by atoms with Crippen molar-refractivity contribution in [2.45, 2.75) is 39.8 Å². The van der Waals surface area contributed by atoms with Gasteiger partial charge in [-0.3, -0.25) is 4.90 Å². The van der Waals surface area contributed by atoms with Crippen molar-refractivity contribution in [3.05, 3.63) is 24.0 Å². The van der Waals surface area contributed by atoms with Crippen molar-refractivity contribution in [1.82, 2.24) is 14.5 Å². The van der Waals surface area contributed by atoms with Gasteiger partial charge >= 0.3 is 0 Å². The van der Waals surface area contributed by atoms with E-state index in [9.17, 15) is 5.11 Å². The lowest BCUT2D eigenvalue weighted by atomic mass is 10.2. The number of nitrogens with two attached hydrogens (primary N) is 1. The number of aromatic nitrogens is 2. The third-order valence-electron chi connectivity index (χ3n) is 4.22. The Kier molecular flexibility index (Phi) is 4.85. The lowest BCUT2D eigenvalue weighted by Crippen LogP contribution is -2.30. The number of nitrogens with zero attached hydrogens (tertiary/aromatic N) is 3. The van der Waals surface area contributed by atoms with E-state index >= 15 is 0 Å². The summed E-state index contributed by atoms with van der Waals surface area (Å²) in [4.78, 5) is 7.13. The van der Waals surface area contributed by atoms with E-state index in [-0.39, 0.29) is 17.8 Å². The van der Waals surface area contributed by atoms with Crippen LogP contribution in [0, 0.1) is 0 Å². The largest absolute Gasteiger partial charge is 0.508 e. The molecule has 2 rings (SSSR count). The molecule has 1 heterocycles. The second kappa shape index (κ2) is 6.45. The van der Waals surface area contributed by atoms with Crippen LogP contribution >= 0.6 is 0 Å². The van der Waals surface area contributed by atoms with Gasteiger partial charge in [0.05, 0.1) is 17.1 Å². The molecule has 0 saturated heterocycles. The Morgan fingerprint density at radius 1 is 1.29 bits per heavy atom. The number of phenolic OH excluding ortho intramolecular Hbond substituents is 1. The van der Waals surface area contributed by atoms with Crippen molar-refractivity contribution in [3.8, 4) is 5.75 Å². The SMILES string of the molecule is CCN(CC)C(C)c1nc2cc(O)ccc2n1C(C)CN. The van der Waals surface area contributed by atoms with Gasteiger partial charge in [0.1, 0.15) is 11.6 Å². The minimum Gasteiger partial charge on any atom is -0.508 e. The quantitative estimate of drug-likeness (QED) is 0.858. The molecule has 2 atom stereocenters. The van der Waals surface area contributed by atoms with Gasteiger partial charge in [-0.25, -0.2) is 4.98 Å². The van der Waals surface area contributed by atoms with Crippen molar-refractivity contribution >= 4 is 11.0 Å². The Morgan fingerprint density at radius 2 is 1.95 bits per heavy atom. The van der Waals surface area contributed by atoms with Crippen LogP contribution in [0.5, 0.6) is 5.75 Å². The molecule has 1 aromatic carbocycles. The molecule has 0 bridgehead atoms. The van der Waals surface area contributed by atoms with E-state index in [1.54, 1.807) is 12.1 Å². The molecule has 5 heteroatoms. The van der Waals surface area contributed by atoms with Gasteiger partial charge < -0.3 is 15.4 Å². The van der Waals surface area contributed by atoms with E-state index in [2.05, 4.69) is 37.2 Å². The molecule has 0 aliphatic rings. The normalized spacial score (nSPS) is 14.8. The van der Waals surface area contributed by atoms with Crippen LogP contribution in [0.2, 0.25) is 0 Å². The number of hydrogen-bond donors (Lipinski definition) is 2. The highest BCUT2D eigenvalue weighted by Crippen LogP contribution is 2.29. The molecule has 0 aliphatic heterocycles. The molecule has 0 aliphatic carbocycles. The molecule has 3 N–H and O–H groups in total. The van der Waals surface area contributed by atoms with Crippen molar-refractivity contribution in [2.24, 2.45) is 5.73 Å². The molecule has 0 saturated carbocycles. The van der Waals surface area contributed by atoms with Gasteiger partial charge in [0.15, 0.2) is 0 Å². The van der Waals surface area contributed by atoms with E-state index in [1.165, 1.54) is 0 Å². The number of phenols is 1. The predicted molar refractivity (Wildman–Crippen MR) is 86.5 cm³/mol. The van der Waals surface area contributed by atoms with E-state index in [1.807, 2.05) is 6.07 Å². The fraction of sp³-hybridized carbons (Fsp3) is 0.562. The highest BCUT2D eigenvalue weighted by molar-refractivity contribution is 5.78. The van der Waals surface area contributed by atoms with Crippen LogP contribution in [0.3, 0.4) is 0 Å². The summed E-state index contributed by atoms with van der Waals surface area (Å²) in [5.74, 6) is 1.26. The zero-order valence-corrected chi connectivity index (χ0v) is 13.4. The lowest BCUT2D eigenvalue weighted by molar-refractivity contribution is 0.219. The van der Waals surface area contributed by atoms with Crippen LogP contribution in [0.25, 0.3) is 11.0 Å². The first-order chi connectivity index (χ1) is 10.0. The third kappa shape index (κ3) is 2.89. The number of hydrogen-bond acceptors (Lipinski definition) is 4. The van der Waals surface area contributed by atoms with Crippen molar-refractivity contribution in [3.63, 3.8) is 0 Å². The Bertz CT molecular complexity index is 604. The van der Waals surface area contributed by atoms with Crippen molar-refractivity contribution in [2.75, 3.05) is 19.6 Å². The number of fused-ring (bicyclic) bond motifs is 1. The molecule has 0 spiro atoms. The Labute approximate surface area is 126 Å². The molecule has 0 radical (unpaired) electrons. The summed E-state index contributed by atoms with van der Waals surface area (Å²) in [5, 5.41) is 9.68. The summed E-state index contributed by atoms with van der Waals surface area (Å²) < 4.78 is 2.21. The zero-order chi connectivity index (χ0) is 15.6. The maximum atomic E-state index is 9.68. The lowest BCUT2D eigenvalue weighted by Gasteiger charge is -2.28. The summed E-state index contributed by atoms with van der Waals surface area (Å²) in [7, 11) is 0. The summed E-state index contributed by atoms with van der Waals surface area (Å²) >= 11 is 0. The molecule has 2 aromatic rings. The highest BCUT2D eigenvalue weighted by atomic mass is 16.3. The van der Waals surface area contributed by atoms with E-state index in [4.69, 9.17) is 10.7 Å². The fourth-order valence-electron chi connectivity index (χ4n) is 2.90. The Morgan fingerprint density at radius 3 is 2.52 bits per heavy atom. The van der Waals surface area contributed by atoms with Gasteiger partial charge in [-0.15, -0.1) is 0 Å². The molecule has 0 fully saturated rings. The molecule has 1 aromatic heterocycles. The average Bonchev–Trinajstić information content (AvgIpc) is 2.85. The summed E-state index contributed by atoms with van der Waals surface area (Å²) in [5.41, 5.74) is 7.73. The first kappa shape index (κ1) is 15.8. The van der Waals surface area contributed by atoms with Gasteiger partial charge in [-0.05, 0) is 39.1 Å². The van der Waals surface area contributed by atoms with Gasteiger partial charge in [-0.1, -0.05) is 13.8 Å². The van der Waals surface area contributed by atoms with Gasteiger partial charge in [0, 0.05) is 18.7 Å². The molecule has 116 valence electrons. The van der Waals surface area contributed by atoms with Crippen LogP contribution < -0.4 is 5.73 Å². The monoisotopic (exact) mass is 290 g/mol. The topological polar surface area (TPSA) is 67.3 Å². The average molecular weight is 290 g/mol. The minimum absolute atomic E-state index is 0.174. The smallest absolute Gasteiger partial charge is 0.127 e. The maximum absolute atomic E-state index is 9.68. The van der Waals surface area contributed by atoms with Crippen LogP contribution in [0.15, 0.2) is 18.2 Å². The second-order valence-electron chi connectivity index (χ2n) is 5.49. The number of benzene rings is 1. The Hall–Kier alpha value is -1.59. The maximum Gasteiger partial charge on any atom is 0.127 e. The third-order valence-corrected chi connectivity index (χ3v) is 4.22. The van der Waals surface area contributed by atoms with Crippen LogP contribution in [-0.2, 0) is 0 Å². The predicted octanol–water partition coefficient (Wildman–Crippen LogP) is 2.66. The van der Waals surface area contributed by atoms with Crippen molar-refractivity contribution in [1.29, 1.82) is 0 Å². The Balaban J connectivity index is 2.60. The van der Waals surface area contributed by atoms with Gasteiger partial charge in [-0.2, -0.15) is 0 Å². The fourth-order valence-corrected chi connectivity index (χ4v) is 2.90. The van der Waals surface area contributed by atoms with Gasteiger partial charge in [0.25, 0.3) is 0 Å². The number of rotatable bonds is 6. The summed E-state index contributed by atoms with van der Waals surface area (Å²) in [6, 6.07) is 5.72. The molecule has 0 amide bonds. The van der Waals surface area contributed by atoms with E-state index in [0.29, 0.717) is 6.54 Å². The molecule has 5 nitrogen and oxygen atoms in total. The molecular weight excluding hydrogens is 264 g/mol. The standard InChI is InChI=1S/C16H26N4O/c1-5-19(6-2)12(4)16-18-14-9-13(21)7-8-15(14)20(16)11(3)10-17/h7-9,11-12,21H,5-6,10,17H2,1-4H3.